The maximum Gasteiger partial charge on any atom is 0.275 e. The van der Waals surface area contributed by atoms with Gasteiger partial charge in [-0.3, -0.25) is 34.6 Å². The second-order valence-corrected chi connectivity index (χ2v) is 8.83. The predicted molar refractivity (Wildman–Crippen MR) is 123 cm³/mol. The van der Waals surface area contributed by atoms with E-state index in [-0.39, 0.29) is 21.8 Å². The molecule has 0 radical (unpaired) electrons. The molecule has 11 nitrogen and oxygen atoms in total. The van der Waals surface area contributed by atoms with E-state index in [2.05, 4.69) is 0 Å². The van der Waals surface area contributed by atoms with E-state index in [1.54, 1.807) is 0 Å². The highest BCUT2D eigenvalue weighted by atomic mass is 35.5. The largest absolute Gasteiger partial charge is 0.275 e. The number of rotatable bonds is 6. The second-order valence-electron chi connectivity index (χ2n) is 8.39. The third-order valence-corrected chi connectivity index (χ3v) is 6.38. The van der Waals surface area contributed by atoms with E-state index in [9.17, 15) is 34.6 Å². The zero-order valence-corrected chi connectivity index (χ0v) is 19.2. The molecule has 2 aromatic carbocycles. The zero-order valence-electron chi connectivity index (χ0n) is 18.4. The van der Waals surface area contributed by atoms with Gasteiger partial charge in [-0.1, -0.05) is 29.3 Å². The lowest BCUT2D eigenvalue weighted by Gasteiger charge is -2.30. The maximum absolute atomic E-state index is 13.6. The number of carbonyl (C=O) groups is 3. The number of benzene rings is 2. The molecule has 1 saturated heterocycles. The first-order chi connectivity index (χ1) is 16.6. The Morgan fingerprint density at radius 3 is 2.49 bits per heavy atom. The number of non-ortho nitro benzene ring substituents is 1. The lowest BCUT2D eigenvalue weighted by Crippen LogP contribution is -2.49. The van der Waals surface area contributed by atoms with E-state index < -0.39 is 51.6 Å². The van der Waals surface area contributed by atoms with Gasteiger partial charge in [-0.15, -0.1) is 0 Å². The number of imide groups is 1. The van der Waals surface area contributed by atoms with Gasteiger partial charge in [-0.05, 0) is 38.0 Å². The number of amides is 3. The fourth-order valence-corrected chi connectivity index (χ4v) is 4.56. The Labute approximate surface area is 203 Å². The van der Waals surface area contributed by atoms with Crippen LogP contribution >= 0.6 is 11.6 Å². The van der Waals surface area contributed by atoms with Crippen LogP contribution in [0.3, 0.4) is 0 Å². The molecular formula is C23H19ClN4O7. The van der Waals surface area contributed by atoms with Gasteiger partial charge in [0.2, 0.25) is 0 Å². The molecule has 0 unspecified atom stereocenters. The number of hydrogen-bond acceptors (Lipinski definition) is 7. The molecule has 35 heavy (non-hydrogen) atoms. The molecule has 3 amide bonds. The van der Waals surface area contributed by atoms with Gasteiger partial charge >= 0.3 is 0 Å². The van der Waals surface area contributed by atoms with Crippen LogP contribution in [0.5, 0.6) is 0 Å². The van der Waals surface area contributed by atoms with Crippen molar-refractivity contribution in [2.24, 2.45) is 11.8 Å². The van der Waals surface area contributed by atoms with Crippen molar-refractivity contribution in [1.29, 1.82) is 0 Å². The molecular weight excluding hydrogens is 480 g/mol. The number of nitrogens with zero attached hydrogens (tertiary/aromatic N) is 4. The van der Waals surface area contributed by atoms with Crippen molar-refractivity contribution < 1.29 is 24.2 Å². The van der Waals surface area contributed by atoms with Crippen LogP contribution in [0.15, 0.2) is 54.1 Å². The van der Waals surface area contributed by atoms with Crippen molar-refractivity contribution in [3.05, 3.63) is 90.5 Å². The zero-order chi connectivity index (χ0) is 25.4. The van der Waals surface area contributed by atoms with Gasteiger partial charge < -0.3 is 0 Å². The number of halogens is 1. The van der Waals surface area contributed by atoms with Gasteiger partial charge in [-0.2, -0.15) is 5.01 Å². The van der Waals surface area contributed by atoms with E-state index in [0.29, 0.717) is 12.8 Å². The molecule has 12 heteroatoms. The number of allylic oxidation sites excluding steroid dienone is 2. The van der Waals surface area contributed by atoms with Crippen molar-refractivity contribution in [2.75, 3.05) is 0 Å². The maximum atomic E-state index is 13.6. The predicted octanol–water partition coefficient (Wildman–Crippen LogP) is 4.06. The third kappa shape index (κ3) is 4.50. The van der Waals surface area contributed by atoms with Crippen LogP contribution in [0, 0.1) is 32.1 Å². The lowest BCUT2D eigenvalue weighted by atomic mass is 9.82. The average Bonchev–Trinajstić information content (AvgIpc) is 3.07. The summed E-state index contributed by atoms with van der Waals surface area (Å²) in [6, 6.07) is 8.65. The molecule has 0 spiro atoms. The summed E-state index contributed by atoms with van der Waals surface area (Å²) in [5, 5.41) is 24.5. The molecule has 1 aliphatic carbocycles. The first kappa shape index (κ1) is 24.0. The van der Waals surface area contributed by atoms with Crippen LogP contribution in [0.4, 0.5) is 11.4 Å². The Balaban J connectivity index is 1.79. The van der Waals surface area contributed by atoms with Crippen LogP contribution < -0.4 is 0 Å². The van der Waals surface area contributed by atoms with E-state index >= 15 is 0 Å². The van der Waals surface area contributed by atoms with E-state index in [1.165, 1.54) is 30.3 Å². The third-order valence-electron chi connectivity index (χ3n) is 6.14. The highest BCUT2D eigenvalue weighted by Gasteiger charge is 2.51. The van der Waals surface area contributed by atoms with Crippen molar-refractivity contribution in [3.8, 4) is 0 Å². The monoisotopic (exact) mass is 498 g/mol. The average molecular weight is 499 g/mol. The van der Waals surface area contributed by atoms with E-state index in [4.69, 9.17) is 11.6 Å². The van der Waals surface area contributed by atoms with Gasteiger partial charge in [0.15, 0.2) is 0 Å². The minimum Gasteiger partial charge on any atom is -0.272 e. The topological polar surface area (TPSA) is 144 Å². The summed E-state index contributed by atoms with van der Waals surface area (Å²) in [7, 11) is 0. The molecule has 0 N–H and O–H groups in total. The molecule has 2 aliphatic rings. The molecule has 2 aromatic rings. The first-order valence-electron chi connectivity index (χ1n) is 10.6. The van der Waals surface area contributed by atoms with Gasteiger partial charge in [0, 0.05) is 28.8 Å². The summed E-state index contributed by atoms with van der Waals surface area (Å²) in [6.07, 6.45) is 2.55. The van der Waals surface area contributed by atoms with Crippen LogP contribution in [-0.4, -0.2) is 37.6 Å². The first-order valence-corrected chi connectivity index (χ1v) is 11.0. The van der Waals surface area contributed by atoms with Crippen molar-refractivity contribution >= 4 is 40.7 Å². The molecule has 0 saturated carbocycles. The smallest absolute Gasteiger partial charge is 0.272 e. The Morgan fingerprint density at radius 2 is 1.80 bits per heavy atom. The molecule has 1 heterocycles. The van der Waals surface area contributed by atoms with Crippen molar-refractivity contribution in [1.82, 2.24) is 10.0 Å². The molecule has 2 atom stereocenters. The summed E-state index contributed by atoms with van der Waals surface area (Å²) < 4.78 is 0. The van der Waals surface area contributed by atoms with Gasteiger partial charge in [-0.25, -0.2) is 5.01 Å². The van der Waals surface area contributed by atoms with Gasteiger partial charge in [0.25, 0.3) is 29.1 Å². The van der Waals surface area contributed by atoms with Gasteiger partial charge in [0.1, 0.15) is 0 Å². The molecule has 1 fully saturated rings. The molecule has 0 bridgehead atoms. The van der Waals surface area contributed by atoms with Crippen LogP contribution in [0.25, 0.3) is 0 Å². The lowest BCUT2D eigenvalue weighted by molar-refractivity contribution is -0.385. The van der Waals surface area contributed by atoms with Gasteiger partial charge in [0.05, 0.1) is 33.8 Å². The molecule has 1 aliphatic heterocycles. The summed E-state index contributed by atoms with van der Waals surface area (Å²) in [5.41, 5.74) is 0.0620. The van der Waals surface area contributed by atoms with E-state index in [1.807, 2.05) is 13.0 Å². The second kappa shape index (κ2) is 9.26. The van der Waals surface area contributed by atoms with E-state index in [0.717, 1.165) is 27.7 Å². The quantitative estimate of drug-likeness (QED) is 0.253. The molecule has 180 valence electrons. The highest BCUT2D eigenvalue weighted by Crippen LogP contribution is 2.39. The Kier molecular flexibility index (Phi) is 6.35. The number of nitro groups is 2. The summed E-state index contributed by atoms with van der Waals surface area (Å²) in [5.74, 6) is -3.40. The number of nitro benzene ring substituents is 2. The number of fused-ring (bicyclic) bond motifs is 1. The number of carbonyl (C=O) groups excluding carboxylic acids is 3. The fourth-order valence-electron chi connectivity index (χ4n) is 4.39. The minimum absolute atomic E-state index is 0.0305. The Hall–Kier alpha value is -4.12. The number of hydrazine groups is 1. The van der Waals surface area contributed by atoms with Crippen LogP contribution in [0.2, 0.25) is 5.02 Å². The Morgan fingerprint density at radius 1 is 1.09 bits per heavy atom. The molecule has 0 aromatic heterocycles. The molecule has 4 rings (SSSR count). The van der Waals surface area contributed by atoms with Crippen molar-refractivity contribution in [2.45, 2.75) is 26.3 Å². The minimum atomic E-state index is -0.886. The highest BCUT2D eigenvalue weighted by molar-refractivity contribution is 6.30. The number of hydrogen-bond donors (Lipinski definition) is 0. The van der Waals surface area contributed by atoms with Crippen LogP contribution in [0.1, 0.15) is 35.7 Å². The SMILES string of the molecule is CC1=CC[C@@H]2C(=O)N(N(Cc3ccc(Cl)cc3[N+](=O)[O-])C(=O)c3cccc([N+](=O)[O-])c3)C(=O)[C@H]2C1. The van der Waals surface area contributed by atoms with Crippen LogP contribution in [-0.2, 0) is 16.1 Å². The summed E-state index contributed by atoms with van der Waals surface area (Å²) in [4.78, 5) is 61.7. The summed E-state index contributed by atoms with van der Waals surface area (Å²) in [6.45, 7) is 1.35. The summed E-state index contributed by atoms with van der Waals surface area (Å²) >= 11 is 5.90. The fraction of sp³-hybridized carbons (Fsp3) is 0.261. The standard InChI is InChI=1S/C23H19ClN4O7/c1-13-5-8-18-19(9-13)23(31)26(22(18)30)25(12-15-6-7-16(24)11-20(15)28(34)35)21(29)14-3-2-4-17(10-14)27(32)33/h2-7,10-11,18-19H,8-9,12H2,1H3/t18-,19-/m0/s1. The van der Waals surface area contributed by atoms with Crippen molar-refractivity contribution in [3.63, 3.8) is 0 Å². The Bertz CT molecular complexity index is 1310. The normalized spacial score (nSPS) is 19.3.